The van der Waals surface area contributed by atoms with Crippen LogP contribution in [0.15, 0.2) is 24.7 Å². The summed E-state index contributed by atoms with van der Waals surface area (Å²) < 4.78 is 3.41. The monoisotopic (exact) mass is 400 g/mol. The fraction of sp³-hybridized carbons (Fsp3) is 0.286. The summed E-state index contributed by atoms with van der Waals surface area (Å²) in [7, 11) is 3.43. The lowest BCUT2D eigenvalue weighted by Crippen LogP contribution is -2.27. The summed E-state index contributed by atoms with van der Waals surface area (Å²) in [5.41, 5.74) is 5.08. The van der Waals surface area contributed by atoms with Gasteiger partial charge in [-0.15, -0.1) is 0 Å². The molecular formula is C21H20N8O. The second-order valence-electron chi connectivity index (χ2n) is 7.53. The smallest absolute Gasteiger partial charge is 0.262 e. The van der Waals surface area contributed by atoms with E-state index in [2.05, 4.69) is 25.0 Å². The van der Waals surface area contributed by atoms with Gasteiger partial charge in [0.25, 0.3) is 5.82 Å². The van der Waals surface area contributed by atoms with Gasteiger partial charge in [-0.2, -0.15) is 9.78 Å². The maximum absolute atomic E-state index is 12.9. The minimum absolute atomic E-state index is 0.0524. The molecule has 4 aromatic heterocycles. The third-order valence-electron chi connectivity index (χ3n) is 5.63. The van der Waals surface area contributed by atoms with E-state index in [1.54, 1.807) is 20.3 Å². The first-order chi connectivity index (χ1) is 14.5. The van der Waals surface area contributed by atoms with Crippen LogP contribution in [0.3, 0.4) is 0 Å². The van der Waals surface area contributed by atoms with E-state index in [-0.39, 0.29) is 5.91 Å². The van der Waals surface area contributed by atoms with Crippen molar-refractivity contribution in [2.75, 3.05) is 11.9 Å². The van der Waals surface area contributed by atoms with Crippen LogP contribution in [0.2, 0.25) is 0 Å². The van der Waals surface area contributed by atoms with Crippen molar-refractivity contribution in [3.8, 4) is 22.3 Å². The summed E-state index contributed by atoms with van der Waals surface area (Å²) in [6.45, 7) is 10.3. The van der Waals surface area contributed by atoms with Crippen LogP contribution in [-0.2, 0) is 18.4 Å². The molecule has 1 amide bonds. The Morgan fingerprint density at radius 2 is 2.07 bits per heavy atom. The maximum atomic E-state index is 12.9. The molecule has 0 atom stereocenters. The Kier molecular flexibility index (Phi) is 3.96. The number of H-pyrrole nitrogens is 1. The van der Waals surface area contributed by atoms with Gasteiger partial charge in [0.05, 0.1) is 18.3 Å². The van der Waals surface area contributed by atoms with Gasteiger partial charge in [0.2, 0.25) is 5.91 Å². The first kappa shape index (κ1) is 18.1. The van der Waals surface area contributed by atoms with Crippen LogP contribution in [0.1, 0.15) is 18.5 Å². The minimum atomic E-state index is -0.0524. The van der Waals surface area contributed by atoms with E-state index < -0.39 is 0 Å². The van der Waals surface area contributed by atoms with Gasteiger partial charge in [0.15, 0.2) is 5.82 Å². The molecule has 150 valence electrons. The Bertz CT molecular complexity index is 1350. The van der Waals surface area contributed by atoms with Crippen molar-refractivity contribution < 1.29 is 4.79 Å². The average Bonchev–Trinajstić information content (AvgIpc) is 3.40. The van der Waals surface area contributed by atoms with Crippen molar-refractivity contribution in [2.45, 2.75) is 26.3 Å². The van der Waals surface area contributed by atoms with Crippen molar-refractivity contribution >= 4 is 28.6 Å². The Labute approximate surface area is 172 Å². The van der Waals surface area contributed by atoms with Crippen molar-refractivity contribution in [3.63, 3.8) is 0 Å². The van der Waals surface area contributed by atoms with Crippen LogP contribution in [0.5, 0.6) is 0 Å². The van der Waals surface area contributed by atoms with Gasteiger partial charge in [-0.1, -0.05) is 11.7 Å². The van der Waals surface area contributed by atoms with Gasteiger partial charge in [-0.25, -0.2) is 4.98 Å². The molecule has 0 aromatic carbocycles. The van der Waals surface area contributed by atoms with Crippen LogP contribution in [0.25, 0.3) is 38.1 Å². The van der Waals surface area contributed by atoms with E-state index in [1.165, 1.54) is 9.58 Å². The van der Waals surface area contributed by atoms with Crippen LogP contribution in [-0.4, -0.2) is 42.5 Å². The SMILES string of the molecule is [C-]#[N+]c1c2c(nn1C)N(C)C(=O)CCCn1cc(c(C)n1)-c1c[nH]c3ncc-2cc13. The summed E-state index contributed by atoms with van der Waals surface area (Å²) in [5, 5.41) is 10.1. The van der Waals surface area contributed by atoms with Crippen LogP contribution < -0.4 is 4.90 Å². The van der Waals surface area contributed by atoms with Crippen LogP contribution in [0.4, 0.5) is 11.6 Å². The zero-order valence-electron chi connectivity index (χ0n) is 17.0. The largest absolute Gasteiger partial charge is 0.362 e. The average molecular weight is 400 g/mol. The molecule has 9 nitrogen and oxygen atoms in total. The summed E-state index contributed by atoms with van der Waals surface area (Å²) in [4.78, 5) is 25.9. The molecule has 1 N–H and O–H groups in total. The molecule has 0 aliphatic carbocycles. The number of anilines is 1. The quantitative estimate of drug-likeness (QED) is 0.458. The number of aromatic amines is 1. The van der Waals surface area contributed by atoms with E-state index in [1.807, 2.05) is 30.1 Å². The van der Waals surface area contributed by atoms with E-state index in [9.17, 15) is 4.79 Å². The number of nitrogens with one attached hydrogen (secondary N) is 1. The number of carbonyl (C=O) groups excluding carboxylic acids is 1. The number of amides is 1. The number of hydrogen-bond acceptors (Lipinski definition) is 4. The van der Waals surface area contributed by atoms with Gasteiger partial charge < -0.3 is 9.83 Å². The Morgan fingerprint density at radius 1 is 1.23 bits per heavy atom. The molecule has 1 aliphatic rings. The number of pyridine rings is 1. The van der Waals surface area contributed by atoms with Crippen molar-refractivity contribution in [1.82, 2.24) is 29.5 Å². The number of carbonyl (C=O) groups is 1. The second kappa shape index (κ2) is 6.56. The number of nitrogens with zero attached hydrogens (tertiary/aromatic N) is 7. The number of aryl methyl sites for hydroxylation is 3. The molecule has 0 spiro atoms. The highest BCUT2D eigenvalue weighted by molar-refractivity contribution is 6.01. The molecule has 0 saturated carbocycles. The molecule has 9 heteroatoms. The summed E-state index contributed by atoms with van der Waals surface area (Å²) in [5.74, 6) is 0.793. The van der Waals surface area contributed by atoms with Crippen molar-refractivity contribution in [2.24, 2.45) is 7.05 Å². The minimum Gasteiger partial charge on any atom is -0.362 e. The molecule has 0 radical (unpaired) electrons. The molecule has 0 saturated heterocycles. The molecule has 4 aromatic rings. The van der Waals surface area contributed by atoms with Gasteiger partial charge in [-0.3, -0.25) is 14.4 Å². The van der Waals surface area contributed by atoms with Crippen molar-refractivity contribution in [3.05, 3.63) is 41.8 Å². The molecule has 5 rings (SSSR count). The number of aromatic nitrogens is 6. The standard InChI is InChI=1S/C21H20N8O/c1-12-16-11-29(25-12)7-5-6-17(30)27(3)21-18(20(22-2)28(4)26-21)13-8-14-15(16)10-24-19(14)23-9-13/h8-11H,5-7H2,1,3-4H3,(H,23,24). The Balaban J connectivity index is 1.83. The maximum Gasteiger partial charge on any atom is 0.262 e. The van der Waals surface area contributed by atoms with Gasteiger partial charge >= 0.3 is 0 Å². The van der Waals surface area contributed by atoms with Gasteiger partial charge in [0.1, 0.15) is 5.65 Å². The van der Waals surface area contributed by atoms with Gasteiger partial charge in [0, 0.05) is 55.1 Å². The number of fused-ring (bicyclic) bond motifs is 6. The molecule has 0 fully saturated rings. The fourth-order valence-corrected chi connectivity index (χ4v) is 4.06. The molecule has 30 heavy (non-hydrogen) atoms. The lowest BCUT2D eigenvalue weighted by Gasteiger charge is -2.16. The first-order valence-corrected chi connectivity index (χ1v) is 9.71. The predicted molar refractivity (Wildman–Crippen MR) is 113 cm³/mol. The predicted octanol–water partition coefficient (Wildman–Crippen LogP) is 3.44. The van der Waals surface area contributed by atoms with Crippen LogP contribution in [0, 0.1) is 13.5 Å². The summed E-state index contributed by atoms with van der Waals surface area (Å²) >= 11 is 0. The Hall–Kier alpha value is -3.93. The summed E-state index contributed by atoms with van der Waals surface area (Å²) in [6.07, 6.45) is 6.71. The lowest BCUT2D eigenvalue weighted by atomic mass is 10.0. The lowest BCUT2D eigenvalue weighted by molar-refractivity contribution is -0.118. The molecule has 1 aliphatic heterocycles. The zero-order valence-corrected chi connectivity index (χ0v) is 17.0. The van der Waals surface area contributed by atoms with E-state index >= 15 is 0 Å². The highest BCUT2D eigenvalue weighted by atomic mass is 16.2. The highest BCUT2D eigenvalue weighted by Gasteiger charge is 2.26. The number of rotatable bonds is 0. The first-order valence-electron chi connectivity index (χ1n) is 9.71. The third-order valence-corrected chi connectivity index (χ3v) is 5.63. The molecule has 4 bridgehead atoms. The van der Waals surface area contributed by atoms with Crippen molar-refractivity contribution in [1.29, 1.82) is 0 Å². The highest BCUT2D eigenvalue weighted by Crippen LogP contribution is 2.40. The molecule has 0 unspecified atom stereocenters. The van der Waals surface area contributed by atoms with Gasteiger partial charge in [-0.05, 0) is 25.0 Å². The topological polar surface area (TPSA) is 89.0 Å². The van der Waals surface area contributed by atoms with Crippen LogP contribution >= 0.6 is 0 Å². The fourth-order valence-electron chi connectivity index (χ4n) is 4.06. The van der Waals surface area contributed by atoms with E-state index in [4.69, 9.17) is 6.57 Å². The van der Waals surface area contributed by atoms with E-state index in [0.717, 1.165) is 33.4 Å². The third kappa shape index (κ3) is 2.61. The normalized spacial score (nSPS) is 14.1. The zero-order chi connectivity index (χ0) is 21.0. The number of hydrogen-bond donors (Lipinski definition) is 1. The van der Waals surface area contributed by atoms with E-state index in [0.29, 0.717) is 36.6 Å². The summed E-state index contributed by atoms with van der Waals surface area (Å²) in [6, 6.07) is 2.00. The molecule has 5 heterocycles. The Morgan fingerprint density at radius 3 is 2.87 bits per heavy atom. The second-order valence-corrected chi connectivity index (χ2v) is 7.53. The molecular weight excluding hydrogens is 380 g/mol.